The molecule has 0 aromatic heterocycles. The van der Waals surface area contributed by atoms with Crippen molar-refractivity contribution in [2.24, 2.45) is 5.41 Å². The Bertz CT molecular complexity index is 763. The number of carbonyl (C=O) groups is 3. The maximum Gasteiger partial charge on any atom is 0.321 e. The van der Waals surface area contributed by atoms with E-state index in [4.69, 9.17) is 9.47 Å². The largest absolute Gasteiger partial charge is 0.468 e. The van der Waals surface area contributed by atoms with E-state index in [0.717, 1.165) is 12.0 Å². The van der Waals surface area contributed by atoms with Gasteiger partial charge in [0.2, 0.25) is 0 Å². The number of hydrogen-bond acceptors (Lipinski definition) is 6. The van der Waals surface area contributed by atoms with Gasteiger partial charge >= 0.3 is 11.9 Å². The van der Waals surface area contributed by atoms with Gasteiger partial charge in [0.25, 0.3) is 0 Å². The molecule has 2 aliphatic rings. The van der Waals surface area contributed by atoms with Crippen LogP contribution in [0.2, 0.25) is 0 Å². The van der Waals surface area contributed by atoms with E-state index in [9.17, 15) is 18.8 Å². The molecule has 1 aromatic rings. The fraction of sp³-hybridized carbons (Fsp3) is 0.571. The summed E-state index contributed by atoms with van der Waals surface area (Å²) in [6.45, 7) is 3.91. The Kier molecular flexibility index (Phi) is 5.84. The van der Waals surface area contributed by atoms with E-state index >= 15 is 0 Å². The molecule has 2 aliphatic heterocycles. The second kappa shape index (κ2) is 7.99. The highest BCUT2D eigenvalue weighted by Gasteiger charge is 2.62. The fourth-order valence-corrected chi connectivity index (χ4v) is 4.56. The lowest BCUT2D eigenvalue weighted by atomic mass is 9.70. The van der Waals surface area contributed by atoms with Crippen molar-refractivity contribution in [1.29, 1.82) is 0 Å². The Hall–Kier alpha value is -2.28. The Morgan fingerprint density at radius 2 is 1.93 bits per heavy atom. The molecule has 0 radical (unpaired) electrons. The van der Waals surface area contributed by atoms with Crippen LogP contribution in [0.1, 0.15) is 45.1 Å². The van der Waals surface area contributed by atoms with Crippen LogP contribution in [0, 0.1) is 11.2 Å². The normalized spacial score (nSPS) is 27.1. The fourth-order valence-electron chi connectivity index (χ4n) is 4.56. The smallest absolute Gasteiger partial charge is 0.321 e. The van der Waals surface area contributed by atoms with E-state index in [2.05, 4.69) is 4.90 Å². The first-order chi connectivity index (χ1) is 13.3. The number of hydrogen-bond donors (Lipinski definition) is 0. The van der Waals surface area contributed by atoms with Gasteiger partial charge in [-0.2, -0.15) is 0 Å². The number of carbonyl (C=O) groups excluding carboxylic acids is 3. The van der Waals surface area contributed by atoms with E-state index in [-0.39, 0.29) is 36.6 Å². The molecule has 3 atom stereocenters. The van der Waals surface area contributed by atoms with Gasteiger partial charge in [-0.05, 0) is 44.4 Å². The third kappa shape index (κ3) is 3.68. The summed E-state index contributed by atoms with van der Waals surface area (Å²) in [4.78, 5) is 40.4. The summed E-state index contributed by atoms with van der Waals surface area (Å²) >= 11 is 0. The molecule has 2 fully saturated rings. The topological polar surface area (TPSA) is 72.9 Å². The van der Waals surface area contributed by atoms with Crippen molar-refractivity contribution < 1.29 is 28.2 Å². The van der Waals surface area contributed by atoms with Crippen molar-refractivity contribution in [3.05, 3.63) is 35.6 Å². The van der Waals surface area contributed by atoms with Crippen LogP contribution in [-0.4, -0.2) is 47.9 Å². The monoisotopic (exact) mass is 391 g/mol. The molecule has 1 aromatic carbocycles. The zero-order valence-electron chi connectivity index (χ0n) is 16.4. The molecule has 0 spiro atoms. The van der Waals surface area contributed by atoms with Gasteiger partial charge in [0.1, 0.15) is 5.82 Å². The third-order valence-electron chi connectivity index (χ3n) is 5.75. The maximum atomic E-state index is 13.2. The number of benzene rings is 1. The molecule has 7 heteroatoms. The zero-order valence-corrected chi connectivity index (χ0v) is 16.4. The standard InChI is InChI=1S/C21H26FNO5/c1-13(2)28-19(25)11-21(20(26)27-3)17-9-8-16(10-18(21)24)23(17)12-14-4-6-15(22)7-5-14/h4-7,13,16-17H,8-12H2,1-3H3. The van der Waals surface area contributed by atoms with Crippen molar-refractivity contribution in [2.45, 2.75) is 64.3 Å². The van der Waals surface area contributed by atoms with Crippen LogP contribution in [0.15, 0.2) is 24.3 Å². The van der Waals surface area contributed by atoms with Gasteiger partial charge in [-0.1, -0.05) is 12.1 Å². The predicted molar refractivity (Wildman–Crippen MR) is 98.7 cm³/mol. The number of Topliss-reactive ketones (excluding diaryl/α,β-unsaturated/α-hetero) is 1. The van der Waals surface area contributed by atoms with Crippen LogP contribution in [0.3, 0.4) is 0 Å². The minimum atomic E-state index is -1.56. The minimum absolute atomic E-state index is 0.00135. The Morgan fingerprint density at radius 3 is 2.54 bits per heavy atom. The summed E-state index contributed by atoms with van der Waals surface area (Å²) in [5, 5.41) is 0. The summed E-state index contributed by atoms with van der Waals surface area (Å²) in [7, 11) is 1.23. The van der Waals surface area contributed by atoms with Crippen LogP contribution in [0.4, 0.5) is 4.39 Å². The first-order valence-corrected chi connectivity index (χ1v) is 9.59. The molecule has 2 bridgehead atoms. The highest BCUT2D eigenvalue weighted by Crippen LogP contribution is 2.48. The summed E-state index contributed by atoms with van der Waals surface area (Å²) < 4.78 is 23.5. The highest BCUT2D eigenvalue weighted by atomic mass is 19.1. The lowest BCUT2D eigenvalue weighted by Gasteiger charge is -2.45. The molecule has 28 heavy (non-hydrogen) atoms. The van der Waals surface area contributed by atoms with Crippen molar-refractivity contribution in [3.63, 3.8) is 0 Å². The van der Waals surface area contributed by atoms with E-state index in [1.54, 1.807) is 26.0 Å². The quantitative estimate of drug-likeness (QED) is 0.548. The molecule has 6 nitrogen and oxygen atoms in total. The third-order valence-corrected chi connectivity index (χ3v) is 5.75. The SMILES string of the molecule is COC(=O)C1(CC(=O)OC(C)C)C(=O)CC2CCC1N2Cc1ccc(F)cc1. The van der Waals surface area contributed by atoms with E-state index in [0.29, 0.717) is 13.0 Å². The Morgan fingerprint density at radius 1 is 1.25 bits per heavy atom. The number of fused-ring (bicyclic) bond motifs is 2. The molecule has 0 amide bonds. The molecule has 2 heterocycles. The second-order valence-electron chi connectivity index (χ2n) is 7.85. The second-order valence-corrected chi connectivity index (χ2v) is 7.85. The van der Waals surface area contributed by atoms with Crippen LogP contribution in [0.25, 0.3) is 0 Å². The number of esters is 2. The predicted octanol–water partition coefficient (Wildman–Crippen LogP) is 2.63. The van der Waals surface area contributed by atoms with Crippen molar-refractivity contribution in [2.75, 3.05) is 7.11 Å². The van der Waals surface area contributed by atoms with E-state index in [1.807, 2.05) is 0 Å². The van der Waals surface area contributed by atoms with Gasteiger partial charge in [-0.15, -0.1) is 0 Å². The Labute approximate surface area is 164 Å². The molecule has 0 N–H and O–H groups in total. The number of ether oxygens (including phenoxy) is 2. The summed E-state index contributed by atoms with van der Waals surface area (Å²) in [6, 6.07) is 5.72. The van der Waals surface area contributed by atoms with Crippen molar-refractivity contribution in [1.82, 2.24) is 4.90 Å². The Balaban J connectivity index is 1.93. The van der Waals surface area contributed by atoms with Gasteiger partial charge in [0, 0.05) is 25.0 Å². The summed E-state index contributed by atoms with van der Waals surface area (Å²) in [5.41, 5.74) is -0.676. The van der Waals surface area contributed by atoms with Crippen LogP contribution >= 0.6 is 0 Å². The first kappa shape index (κ1) is 20.5. The maximum absolute atomic E-state index is 13.2. The number of rotatable bonds is 6. The van der Waals surface area contributed by atoms with E-state index in [1.165, 1.54) is 19.2 Å². The molecular weight excluding hydrogens is 365 g/mol. The summed E-state index contributed by atoms with van der Waals surface area (Å²) in [6.07, 6.45) is 0.889. The average Bonchev–Trinajstić information content (AvgIpc) is 2.95. The summed E-state index contributed by atoms with van der Waals surface area (Å²) in [5.74, 6) is -1.85. The van der Waals surface area contributed by atoms with Gasteiger partial charge < -0.3 is 9.47 Å². The van der Waals surface area contributed by atoms with Crippen LogP contribution in [0.5, 0.6) is 0 Å². The van der Waals surface area contributed by atoms with Gasteiger partial charge in [0.05, 0.1) is 19.6 Å². The molecule has 152 valence electrons. The van der Waals surface area contributed by atoms with Crippen molar-refractivity contribution in [3.8, 4) is 0 Å². The van der Waals surface area contributed by atoms with Gasteiger partial charge in [-0.25, -0.2) is 4.39 Å². The van der Waals surface area contributed by atoms with Crippen LogP contribution < -0.4 is 0 Å². The highest BCUT2D eigenvalue weighted by molar-refractivity contribution is 6.08. The lowest BCUT2D eigenvalue weighted by molar-refractivity contribution is -0.174. The molecule has 3 rings (SSSR count). The molecule has 0 aliphatic carbocycles. The molecule has 3 unspecified atom stereocenters. The molecule has 2 saturated heterocycles. The number of nitrogens with zero attached hydrogens (tertiary/aromatic N) is 1. The van der Waals surface area contributed by atoms with Gasteiger partial charge in [-0.3, -0.25) is 19.3 Å². The lowest BCUT2D eigenvalue weighted by Crippen LogP contribution is -2.61. The number of ketones is 1. The van der Waals surface area contributed by atoms with Gasteiger partial charge in [0.15, 0.2) is 11.2 Å². The number of methoxy groups -OCH3 is 1. The minimum Gasteiger partial charge on any atom is -0.468 e. The molecule has 0 saturated carbocycles. The number of halogens is 1. The first-order valence-electron chi connectivity index (χ1n) is 9.59. The zero-order chi connectivity index (χ0) is 20.5. The van der Waals surface area contributed by atoms with Crippen LogP contribution in [-0.2, 0) is 30.4 Å². The average molecular weight is 391 g/mol. The number of piperidine rings is 1. The van der Waals surface area contributed by atoms with Crippen molar-refractivity contribution >= 4 is 17.7 Å². The van der Waals surface area contributed by atoms with E-state index < -0.39 is 23.4 Å². The molecular formula is C21H26FNO5.